The van der Waals surface area contributed by atoms with Crippen LogP contribution in [-0.2, 0) is 14.8 Å². The second kappa shape index (κ2) is 16.1. The van der Waals surface area contributed by atoms with Gasteiger partial charge in [-0.25, -0.2) is 17.5 Å². The lowest BCUT2D eigenvalue weighted by Crippen LogP contribution is -2.47. The highest BCUT2D eigenvalue weighted by Gasteiger charge is 2.31. The average Bonchev–Trinajstić information content (AvgIpc) is 2.98. The molecule has 0 aromatic heterocycles. The molecule has 12 nitrogen and oxygen atoms in total. The largest absolute Gasteiger partial charge is 0.497 e. The van der Waals surface area contributed by atoms with Crippen LogP contribution < -0.4 is 20.1 Å². The summed E-state index contributed by atoms with van der Waals surface area (Å²) >= 11 is 0. The van der Waals surface area contributed by atoms with Gasteiger partial charge in [0.15, 0.2) is 0 Å². The van der Waals surface area contributed by atoms with Gasteiger partial charge in [-0.15, -0.1) is 0 Å². The predicted molar refractivity (Wildman–Crippen MR) is 170 cm³/mol. The molecule has 0 spiro atoms. The minimum atomic E-state index is -3.45. The van der Waals surface area contributed by atoms with Crippen molar-refractivity contribution in [3.8, 4) is 11.5 Å². The number of carbonyl (C=O) groups is 2. The third-order valence-electron chi connectivity index (χ3n) is 7.66. The molecule has 2 aromatic carbocycles. The molecule has 0 saturated heterocycles. The number of hydrogen-bond donors (Lipinski definition) is 3. The van der Waals surface area contributed by atoms with E-state index in [0.29, 0.717) is 35.9 Å². The Morgan fingerprint density at radius 1 is 1.14 bits per heavy atom. The molecule has 3 amide bonds. The Hall–Kier alpha value is -3.39. The van der Waals surface area contributed by atoms with Crippen LogP contribution in [-0.4, -0.2) is 99.6 Å². The molecule has 1 heterocycles. The highest BCUT2D eigenvalue weighted by Crippen LogP contribution is 2.29. The smallest absolute Gasteiger partial charge is 0.323 e. The van der Waals surface area contributed by atoms with Crippen molar-refractivity contribution in [1.29, 1.82) is 0 Å². The summed E-state index contributed by atoms with van der Waals surface area (Å²) < 4.78 is 43.2. The van der Waals surface area contributed by atoms with Gasteiger partial charge in [-0.05, 0) is 75.6 Å². The number of rotatable bonds is 8. The number of nitrogens with zero attached hydrogens (tertiary/aromatic N) is 2. The number of benzene rings is 2. The van der Waals surface area contributed by atoms with Gasteiger partial charge in [0.05, 0.1) is 43.8 Å². The van der Waals surface area contributed by atoms with E-state index in [0.717, 1.165) is 19.1 Å². The SMILES string of the molecule is COc1ccc(NC(=O)Nc2ccc3c(c2)C(=O)N([C@H](C)CO)C[C@H](C)[C@@H](CN(C)S(C)(=O)=O)OCCCC[C@@H](C)O3)cc1. The first-order valence-corrected chi connectivity index (χ1v) is 16.6. The third-order valence-corrected chi connectivity index (χ3v) is 8.94. The van der Waals surface area contributed by atoms with Crippen molar-refractivity contribution >= 4 is 33.3 Å². The number of methoxy groups -OCH3 is 1. The van der Waals surface area contributed by atoms with Gasteiger partial charge in [0.2, 0.25) is 10.0 Å². The number of carbonyl (C=O) groups excluding carboxylic acids is 2. The maximum atomic E-state index is 14.2. The fraction of sp³-hybridized carbons (Fsp3) is 0.548. The number of urea groups is 1. The number of aliphatic hydroxyl groups excluding tert-OH is 1. The van der Waals surface area contributed by atoms with E-state index in [4.69, 9.17) is 14.2 Å². The molecule has 1 aliphatic heterocycles. The van der Waals surface area contributed by atoms with Crippen molar-refractivity contribution in [2.45, 2.75) is 58.3 Å². The zero-order valence-corrected chi connectivity index (χ0v) is 27.2. The zero-order chi connectivity index (χ0) is 32.4. The minimum Gasteiger partial charge on any atom is -0.497 e. The highest BCUT2D eigenvalue weighted by molar-refractivity contribution is 7.88. The molecule has 0 fully saturated rings. The summed E-state index contributed by atoms with van der Waals surface area (Å²) in [6, 6.07) is 10.7. The number of aliphatic hydroxyl groups is 1. The number of sulfonamides is 1. The van der Waals surface area contributed by atoms with Crippen molar-refractivity contribution in [3.05, 3.63) is 48.0 Å². The number of likely N-dealkylation sites (N-methyl/N-ethyl adjacent to an activating group) is 1. The van der Waals surface area contributed by atoms with Crippen molar-refractivity contribution in [3.63, 3.8) is 0 Å². The van der Waals surface area contributed by atoms with E-state index in [-0.39, 0.29) is 37.3 Å². The van der Waals surface area contributed by atoms with Crippen molar-refractivity contribution in [1.82, 2.24) is 9.21 Å². The monoisotopic (exact) mass is 634 g/mol. The predicted octanol–water partition coefficient (Wildman–Crippen LogP) is 4.03. The topological polar surface area (TPSA) is 147 Å². The van der Waals surface area contributed by atoms with Crippen molar-refractivity contribution in [2.75, 3.05) is 57.4 Å². The molecule has 0 unspecified atom stereocenters. The number of amides is 3. The first-order chi connectivity index (χ1) is 20.8. The lowest BCUT2D eigenvalue weighted by Gasteiger charge is -2.35. The van der Waals surface area contributed by atoms with E-state index in [1.54, 1.807) is 61.4 Å². The second-order valence-electron chi connectivity index (χ2n) is 11.4. The van der Waals surface area contributed by atoms with Gasteiger partial charge < -0.3 is 34.9 Å². The lowest BCUT2D eigenvalue weighted by molar-refractivity contribution is -0.00828. The molecule has 1 aliphatic rings. The molecular weight excluding hydrogens is 588 g/mol. The molecule has 4 atom stereocenters. The van der Waals surface area contributed by atoms with Crippen LogP contribution in [0.2, 0.25) is 0 Å². The van der Waals surface area contributed by atoms with Crippen LogP contribution >= 0.6 is 0 Å². The Morgan fingerprint density at radius 3 is 2.43 bits per heavy atom. The van der Waals surface area contributed by atoms with Gasteiger partial charge in [0.25, 0.3) is 5.91 Å². The fourth-order valence-corrected chi connectivity index (χ4v) is 5.24. The summed E-state index contributed by atoms with van der Waals surface area (Å²) in [5.41, 5.74) is 1.17. The molecule has 2 aromatic rings. The van der Waals surface area contributed by atoms with Crippen LogP contribution in [0.1, 0.15) is 50.4 Å². The molecule has 0 saturated carbocycles. The van der Waals surface area contributed by atoms with E-state index in [1.807, 2.05) is 13.8 Å². The Morgan fingerprint density at radius 2 is 1.80 bits per heavy atom. The lowest BCUT2D eigenvalue weighted by atomic mass is 10.0. The summed E-state index contributed by atoms with van der Waals surface area (Å²) in [4.78, 5) is 28.5. The first kappa shape index (κ1) is 35.1. The van der Waals surface area contributed by atoms with Gasteiger partial charge >= 0.3 is 6.03 Å². The van der Waals surface area contributed by atoms with Gasteiger partial charge in [-0.3, -0.25) is 4.79 Å². The molecule has 0 aliphatic carbocycles. The van der Waals surface area contributed by atoms with Gasteiger partial charge in [0.1, 0.15) is 11.5 Å². The summed E-state index contributed by atoms with van der Waals surface area (Å²) in [5.74, 6) is 0.353. The van der Waals surface area contributed by atoms with Gasteiger partial charge in [-0.1, -0.05) is 6.92 Å². The second-order valence-corrected chi connectivity index (χ2v) is 13.5. The van der Waals surface area contributed by atoms with Crippen LogP contribution in [0.5, 0.6) is 11.5 Å². The molecule has 3 rings (SSSR count). The molecule has 0 bridgehead atoms. The Balaban J connectivity index is 1.93. The maximum Gasteiger partial charge on any atom is 0.323 e. The van der Waals surface area contributed by atoms with E-state index in [1.165, 1.54) is 11.4 Å². The quantitative estimate of drug-likeness (QED) is 0.395. The number of hydrogen-bond acceptors (Lipinski definition) is 8. The zero-order valence-electron chi connectivity index (χ0n) is 26.4. The number of fused-ring (bicyclic) bond motifs is 1. The summed E-state index contributed by atoms with van der Waals surface area (Å²) in [6.07, 6.45) is 2.73. The van der Waals surface area contributed by atoms with Gasteiger partial charge in [0, 0.05) is 44.0 Å². The van der Waals surface area contributed by atoms with Crippen LogP contribution in [0.4, 0.5) is 16.2 Å². The minimum absolute atomic E-state index is 0.128. The molecule has 3 N–H and O–H groups in total. The van der Waals surface area contributed by atoms with Crippen molar-refractivity contribution < 1.29 is 37.3 Å². The van der Waals surface area contributed by atoms with E-state index in [2.05, 4.69) is 10.6 Å². The Kier molecular flexibility index (Phi) is 12.8. The molecule has 44 heavy (non-hydrogen) atoms. The highest BCUT2D eigenvalue weighted by atomic mass is 32.2. The van der Waals surface area contributed by atoms with Gasteiger partial charge in [-0.2, -0.15) is 0 Å². The van der Waals surface area contributed by atoms with Crippen LogP contribution in [0, 0.1) is 5.92 Å². The average molecular weight is 635 g/mol. The first-order valence-electron chi connectivity index (χ1n) is 14.8. The molecule has 13 heteroatoms. The van der Waals surface area contributed by atoms with Crippen LogP contribution in [0.25, 0.3) is 0 Å². The Labute approximate surface area is 260 Å². The molecule has 0 radical (unpaired) electrons. The summed E-state index contributed by atoms with van der Waals surface area (Å²) in [7, 11) is -0.382. The van der Waals surface area contributed by atoms with E-state index in [9.17, 15) is 23.1 Å². The molecular formula is C31H46N4O8S. The number of ether oxygens (including phenoxy) is 3. The van der Waals surface area contributed by atoms with Crippen LogP contribution in [0.15, 0.2) is 42.5 Å². The Bertz CT molecular complexity index is 1350. The maximum absolute atomic E-state index is 14.2. The molecule has 244 valence electrons. The summed E-state index contributed by atoms with van der Waals surface area (Å²) in [5, 5.41) is 15.6. The van der Waals surface area contributed by atoms with Crippen molar-refractivity contribution in [2.24, 2.45) is 5.92 Å². The third kappa shape index (κ3) is 10.1. The summed E-state index contributed by atoms with van der Waals surface area (Å²) in [6.45, 7) is 6.03. The van der Waals surface area contributed by atoms with E-state index >= 15 is 0 Å². The normalized spacial score (nSPS) is 21.0. The van der Waals surface area contributed by atoms with E-state index < -0.39 is 34.1 Å². The number of anilines is 2. The van der Waals surface area contributed by atoms with Crippen LogP contribution in [0.3, 0.4) is 0 Å². The fourth-order valence-electron chi connectivity index (χ4n) is 4.82. The number of nitrogens with one attached hydrogen (secondary N) is 2. The standard InChI is InChI=1S/C31H46N4O8S/c1-21-18-35(22(2)20-36)30(37)27-17-25(33-31(38)32-24-10-13-26(41-5)14-11-24)12-15-28(27)43-23(3)9-7-8-16-42-29(21)19-34(4)44(6,39)40/h10-15,17,21-23,29,36H,7-9,16,18-20H2,1-6H3,(H2,32,33,38)/t21-,22+,23+,29+/m0/s1.